The summed E-state index contributed by atoms with van der Waals surface area (Å²) >= 11 is 0. The van der Waals surface area contributed by atoms with Crippen molar-refractivity contribution >= 4 is 5.95 Å². The van der Waals surface area contributed by atoms with Gasteiger partial charge in [0, 0.05) is 12.7 Å². The van der Waals surface area contributed by atoms with Crippen molar-refractivity contribution in [2.24, 2.45) is 0 Å². The predicted molar refractivity (Wildman–Crippen MR) is 80.6 cm³/mol. The molecule has 1 unspecified atom stereocenters. The molecule has 0 radical (unpaired) electrons. The van der Waals surface area contributed by atoms with Gasteiger partial charge in [-0.1, -0.05) is 44.2 Å². The highest BCUT2D eigenvalue weighted by Crippen LogP contribution is 2.26. The molecule has 0 aliphatic rings. The second-order valence-corrected chi connectivity index (χ2v) is 4.87. The molecular formula is C16H23N3. The van der Waals surface area contributed by atoms with Gasteiger partial charge in [0.25, 0.3) is 0 Å². The van der Waals surface area contributed by atoms with Crippen LogP contribution in [-0.4, -0.2) is 16.1 Å². The first-order valence-electron chi connectivity index (χ1n) is 7.10. The van der Waals surface area contributed by atoms with Crippen molar-refractivity contribution in [2.45, 2.75) is 39.7 Å². The zero-order valence-electron chi connectivity index (χ0n) is 12.1. The Balaban J connectivity index is 2.32. The number of nitrogens with zero attached hydrogens (tertiary/aromatic N) is 2. The van der Waals surface area contributed by atoms with Gasteiger partial charge >= 0.3 is 0 Å². The summed E-state index contributed by atoms with van der Waals surface area (Å²) in [5, 5.41) is 3.42. The van der Waals surface area contributed by atoms with Gasteiger partial charge in [-0.05, 0) is 25.3 Å². The second-order valence-electron chi connectivity index (χ2n) is 4.87. The van der Waals surface area contributed by atoms with E-state index in [0.717, 1.165) is 31.0 Å². The van der Waals surface area contributed by atoms with E-state index in [1.165, 1.54) is 5.56 Å². The molecule has 0 bridgehead atoms. The second kappa shape index (κ2) is 6.41. The van der Waals surface area contributed by atoms with Crippen molar-refractivity contribution in [2.75, 3.05) is 11.9 Å². The molecule has 1 aromatic carbocycles. The molecule has 2 aromatic rings. The lowest BCUT2D eigenvalue weighted by molar-refractivity contribution is 0.570. The number of hydrogen-bond acceptors (Lipinski definition) is 2. The fraction of sp³-hybridized carbons (Fsp3) is 0.438. The highest BCUT2D eigenvalue weighted by Gasteiger charge is 2.15. The molecule has 19 heavy (non-hydrogen) atoms. The zero-order chi connectivity index (χ0) is 13.7. The van der Waals surface area contributed by atoms with Crippen LogP contribution >= 0.6 is 0 Å². The first-order valence-corrected chi connectivity index (χ1v) is 7.10. The number of hydrogen-bond donors (Lipinski definition) is 1. The summed E-state index contributed by atoms with van der Waals surface area (Å²) in [6.45, 7) is 7.39. The Morgan fingerprint density at radius 3 is 2.58 bits per heavy atom. The summed E-state index contributed by atoms with van der Waals surface area (Å²) in [7, 11) is 0. The normalized spacial score (nSPS) is 12.4. The fourth-order valence-electron chi connectivity index (χ4n) is 2.39. The summed E-state index contributed by atoms with van der Waals surface area (Å²) in [5.41, 5.74) is 2.40. The molecular weight excluding hydrogens is 234 g/mol. The van der Waals surface area contributed by atoms with Crippen molar-refractivity contribution in [3.63, 3.8) is 0 Å². The monoisotopic (exact) mass is 257 g/mol. The lowest BCUT2D eigenvalue weighted by Gasteiger charge is -2.20. The Labute approximate surface area is 115 Å². The van der Waals surface area contributed by atoms with Crippen LogP contribution < -0.4 is 5.32 Å². The van der Waals surface area contributed by atoms with Gasteiger partial charge in [-0.15, -0.1) is 0 Å². The number of nitrogens with one attached hydrogen (secondary N) is 1. The first kappa shape index (κ1) is 13.7. The number of benzene rings is 1. The molecule has 1 N–H and O–H groups in total. The third-order valence-electron chi connectivity index (χ3n) is 3.29. The van der Waals surface area contributed by atoms with Crippen molar-refractivity contribution in [1.29, 1.82) is 0 Å². The van der Waals surface area contributed by atoms with Crippen LogP contribution in [0.4, 0.5) is 5.95 Å². The van der Waals surface area contributed by atoms with E-state index < -0.39 is 0 Å². The highest BCUT2D eigenvalue weighted by atomic mass is 15.2. The predicted octanol–water partition coefficient (Wildman–Crippen LogP) is 4.01. The summed E-state index contributed by atoms with van der Waals surface area (Å²) in [6.07, 6.45) is 4.30. The lowest BCUT2D eigenvalue weighted by Crippen LogP contribution is -2.14. The number of aryl methyl sites for hydroxylation is 1. The summed E-state index contributed by atoms with van der Waals surface area (Å²) < 4.78 is 2.26. The molecule has 0 saturated carbocycles. The molecule has 0 spiro atoms. The summed E-state index contributed by atoms with van der Waals surface area (Å²) in [5.74, 6) is 0.982. The van der Waals surface area contributed by atoms with E-state index in [4.69, 9.17) is 0 Å². The Hall–Kier alpha value is -1.77. The number of anilines is 1. The van der Waals surface area contributed by atoms with Gasteiger partial charge in [0.05, 0.1) is 11.7 Å². The van der Waals surface area contributed by atoms with E-state index in [-0.39, 0.29) is 0 Å². The van der Waals surface area contributed by atoms with Gasteiger partial charge in [-0.25, -0.2) is 4.98 Å². The van der Waals surface area contributed by atoms with Crippen molar-refractivity contribution in [1.82, 2.24) is 9.55 Å². The van der Waals surface area contributed by atoms with Crippen molar-refractivity contribution < 1.29 is 0 Å². The third-order valence-corrected chi connectivity index (χ3v) is 3.29. The van der Waals surface area contributed by atoms with Crippen LogP contribution in [0.1, 0.15) is 44.0 Å². The topological polar surface area (TPSA) is 29.9 Å². The third kappa shape index (κ3) is 3.16. The van der Waals surface area contributed by atoms with Crippen molar-refractivity contribution in [3.8, 4) is 0 Å². The molecule has 102 valence electrons. The van der Waals surface area contributed by atoms with E-state index in [2.05, 4.69) is 65.2 Å². The Kier molecular flexibility index (Phi) is 4.61. The zero-order valence-corrected chi connectivity index (χ0v) is 12.1. The minimum Gasteiger partial charge on any atom is -0.356 e. The average molecular weight is 257 g/mol. The van der Waals surface area contributed by atoms with Crippen LogP contribution in [0.3, 0.4) is 0 Å². The van der Waals surface area contributed by atoms with Gasteiger partial charge in [0.1, 0.15) is 0 Å². The molecule has 0 amide bonds. The van der Waals surface area contributed by atoms with Crippen LogP contribution in [0.2, 0.25) is 0 Å². The van der Waals surface area contributed by atoms with Gasteiger partial charge in [0.15, 0.2) is 0 Å². The minimum absolute atomic E-state index is 0.349. The fourth-order valence-corrected chi connectivity index (χ4v) is 2.39. The first-order chi connectivity index (χ1) is 9.26. The molecule has 3 nitrogen and oxygen atoms in total. The van der Waals surface area contributed by atoms with E-state index in [1.807, 2.05) is 6.92 Å². The van der Waals surface area contributed by atoms with Crippen LogP contribution in [0.25, 0.3) is 0 Å². The van der Waals surface area contributed by atoms with E-state index in [9.17, 15) is 0 Å². The summed E-state index contributed by atoms with van der Waals surface area (Å²) in [6, 6.07) is 11.0. The highest BCUT2D eigenvalue weighted by molar-refractivity contribution is 5.33. The smallest absolute Gasteiger partial charge is 0.203 e. The molecule has 2 rings (SSSR count). The van der Waals surface area contributed by atoms with Gasteiger partial charge < -0.3 is 9.88 Å². The largest absolute Gasteiger partial charge is 0.356 e. The maximum atomic E-state index is 4.59. The summed E-state index contributed by atoms with van der Waals surface area (Å²) in [4.78, 5) is 4.59. The van der Waals surface area contributed by atoms with E-state index in [1.54, 1.807) is 0 Å². The maximum absolute atomic E-state index is 4.59. The van der Waals surface area contributed by atoms with Gasteiger partial charge in [-0.2, -0.15) is 0 Å². The SMILES string of the molecule is CCCNc1nc(C)cn1C(CC)c1ccccc1. The van der Waals surface area contributed by atoms with Gasteiger partial charge in [0.2, 0.25) is 5.95 Å². The molecule has 3 heteroatoms. The number of rotatable bonds is 6. The van der Waals surface area contributed by atoms with E-state index in [0.29, 0.717) is 6.04 Å². The Bertz CT molecular complexity index is 502. The molecule has 1 heterocycles. The van der Waals surface area contributed by atoms with Crippen LogP contribution in [0, 0.1) is 6.92 Å². The lowest BCUT2D eigenvalue weighted by atomic mass is 10.0. The quantitative estimate of drug-likeness (QED) is 0.847. The van der Waals surface area contributed by atoms with Crippen LogP contribution in [0.15, 0.2) is 36.5 Å². The molecule has 0 fully saturated rings. The maximum Gasteiger partial charge on any atom is 0.203 e. The molecule has 1 aromatic heterocycles. The molecule has 1 atom stereocenters. The van der Waals surface area contributed by atoms with Gasteiger partial charge in [-0.3, -0.25) is 0 Å². The average Bonchev–Trinajstić information content (AvgIpc) is 2.79. The molecule has 0 aliphatic heterocycles. The van der Waals surface area contributed by atoms with Crippen LogP contribution in [-0.2, 0) is 0 Å². The Morgan fingerprint density at radius 2 is 1.95 bits per heavy atom. The molecule has 0 aliphatic carbocycles. The number of imidazole rings is 1. The van der Waals surface area contributed by atoms with E-state index >= 15 is 0 Å². The number of aromatic nitrogens is 2. The minimum atomic E-state index is 0.349. The molecule has 0 saturated heterocycles. The van der Waals surface area contributed by atoms with Crippen LogP contribution in [0.5, 0.6) is 0 Å². The standard InChI is InChI=1S/C16H23N3/c1-4-11-17-16-18-13(3)12-19(16)15(5-2)14-9-7-6-8-10-14/h6-10,12,15H,4-5,11H2,1-3H3,(H,17,18). The Morgan fingerprint density at radius 1 is 1.21 bits per heavy atom. The van der Waals surface area contributed by atoms with Crippen molar-refractivity contribution in [3.05, 3.63) is 47.8 Å².